The molecular formula is C23H25N3O5S2. The van der Waals surface area contributed by atoms with Crippen LogP contribution in [0.5, 0.6) is 0 Å². The number of aromatic amines is 1. The van der Waals surface area contributed by atoms with E-state index in [1.54, 1.807) is 38.1 Å². The zero-order chi connectivity index (χ0) is 24.1. The van der Waals surface area contributed by atoms with Gasteiger partial charge in [0.05, 0.1) is 11.1 Å². The average molecular weight is 488 g/mol. The Kier molecular flexibility index (Phi) is 8.04. The molecule has 1 aromatic carbocycles. The number of carbonyl (C=O) groups excluding carboxylic acids is 3. The lowest BCUT2D eigenvalue weighted by Gasteiger charge is -2.11. The highest BCUT2D eigenvalue weighted by Crippen LogP contribution is 2.26. The van der Waals surface area contributed by atoms with E-state index in [9.17, 15) is 19.2 Å². The van der Waals surface area contributed by atoms with Crippen LogP contribution in [0.15, 0.2) is 29.1 Å². The number of fused-ring (bicyclic) bond motifs is 1. The molecule has 33 heavy (non-hydrogen) atoms. The third-order valence-corrected chi connectivity index (χ3v) is 7.28. The monoisotopic (exact) mass is 487 g/mol. The van der Waals surface area contributed by atoms with Gasteiger partial charge < -0.3 is 15.0 Å². The number of aromatic nitrogens is 2. The number of rotatable bonds is 9. The number of thioether (sulfide) groups is 1. The van der Waals surface area contributed by atoms with Gasteiger partial charge >= 0.3 is 5.97 Å². The number of nitrogens with one attached hydrogen (secondary N) is 2. The minimum atomic E-state index is -0.544. The van der Waals surface area contributed by atoms with Crippen LogP contribution in [0.3, 0.4) is 0 Å². The summed E-state index contributed by atoms with van der Waals surface area (Å²) in [4.78, 5) is 57.4. The van der Waals surface area contributed by atoms with Gasteiger partial charge in [0.15, 0.2) is 12.4 Å². The number of nitrogens with zero attached hydrogens (tertiary/aromatic N) is 1. The molecule has 174 valence electrons. The van der Waals surface area contributed by atoms with Gasteiger partial charge in [-0.05, 0) is 50.6 Å². The van der Waals surface area contributed by atoms with Crippen LogP contribution in [0.4, 0.5) is 5.69 Å². The van der Waals surface area contributed by atoms with Crippen molar-refractivity contribution in [2.45, 2.75) is 45.1 Å². The number of benzene rings is 1. The molecule has 2 heterocycles. The summed E-state index contributed by atoms with van der Waals surface area (Å²) in [6.07, 6.45) is 0.362. The van der Waals surface area contributed by atoms with Crippen molar-refractivity contribution in [1.82, 2.24) is 9.97 Å². The predicted molar refractivity (Wildman–Crippen MR) is 131 cm³/mol. The SMILES string of the molecule is CCC(=O)Nc1ccc(C(=O)COC(=O)C(C)SCc2nc3sc(C)c(C)c3c(=O)[nH]2)cc1. The molecule has 0 aliphatic heterocycles. The summed E-state index contributed by atoms with van der Waals surface area (Å²) < 4.78 is 5.16. The van der Waals surface area contributed by atoms with E-state index in [0.717, 1.165) is 10.4 Å². The molecule has 8 nitrogen and oxygen atoms in total. The lowest BCUT2D eigenvalue weighted by atomic mass is 10.1. The van der Waals surface area contributed by atoms with Crippen molar-refractivity contribution in [3.05, 3.63) is 56.4 Å². The van der Waals surface area contributed by atoms with Gasteiger partial charge in [-0.25, -0.2) is 4.98 Å². The number of Topliss-reactive ketones (excluding diaryl/α,β-unsaturated/α-hetero) is 1. The van der Waals surface area contributed by atoms with Crippen molar-refractivity contribution >= 4 is 56.7 Å². The summed E-state index contributed by atoms with van der Waals surface area (Å²) in [6.45, 7) is 6.91. The van der Waals surface area contributed by atoms with Crippen molar-refractivity contribution in [3.63, 3.8) is 0 Å². The van der Waals surface area contributed by atoms with E-state index in [-0.39, 0.29) is 23.9 Å². The zero-order valence-electron chi connectivity index (χ0n) is 18.8. The van der Waals surface area contributed by atoms with Crippen molar-refractivity contribution in [2.75, 3.05) is 11.9 Å². The fourth-order valence-corrected chi connectivity index (χ4v) is 4.76. The molecule has 0 saturated carbocycles. The molecular weight excluding hydrogens is 462 g/mol. The Morgan fingerprint density at radius 2 is 1.91 bits per heavy atom. The number of ether oxygens (including phenoxy) is 1. The predicted octanol–water partition coefficient (Wildman–Crippen LogP) is 4.00. The molecule has 0 fully saturated rings. The highest BCUT2D eigenvalue weighted by atomic mass is 32.2. The smallest absolute Gasteiger partial charge is 0.319 e. The first-order valence-corrected chi connectivity index (χ1v) is 12.3. The number of hydrogen-bond acceptors (Lipinski definition) is 8. The number of esters is 1. The third kappa shape index (κ3) is 6.08. The van der Waals surface area contributed by atoms with Gasteiger partial charge in [-0.3, -0.25) is 19.2 Å². The maximum Gasteiger partial charge on any atom is 0.319 e. The second-order valence-corrected chi connectivity index (χ2v) is 9.97. The molecule has 1 atom stereocenters. The Balaban J connectivity index is 1.51. The van der Waals surface area contributed by atoms with Crippen LogP contribution >= 0.6 is 23.1 Å². The van der Waals surface area contributed by atoms with E-state index < -0.39 is 11.2 Å². The third-order valence-electron chi connectivity index (χ3n) is 5.05. The van der Waals surface area contributed by atoms with Gasteiger partial charge in [0.1, 0.15) is 15.9 Å². The van der Waals surface area contributed by atoms with Crippen LogP contribution in [-0.4, -0.2) is 39.5 Å². The molecule has 0 bridgehead atoms. The van der Waals surface area contributed by atoms with Crippen LogP contribution in [0.25, 0.3) is 10.2 Å². The van der Waals surface area contributed by atoms with Crippen LogP contribution in [-0.2, 0) is 20.1 Å². The Morgan fingerprint density at radius 3 is 2.58 bits per heavy atom. The van der Waals surface area contributed by atoms with E-state index in [0.29, 0.717) is 39.5 Å². The van der Waals surface area contributed by atoms with Crippen LogP contribution in [0.2, 0.25) is 0 Å². The number of hydrogen-bond donors (Lipinski definition) is 2. The minimum Gasteiger partial charge on any atom is -0.456 e. The van der Waals surface area contributed by atoms with Crippen LogP contribution in [0, 0.1) is 13.8 Å². The lowest BCUT2D eigenvalue weighted by Crippen LogP contribution is -2.21. The Hall–Kier alpha value is -2.98. The Labute approximate surface area is 199 Å². The maximum atomic E-state index is 12.4. The van der Waals surface area contributed by atoms with E-state index in [4.69, 9.17) is 4.74 Å². The summed E-state index contributed by atoms with van der Waals surface area (Å²) in [5.41, 5.74) is 1.73. The van der Waals surface area contributed by atoms with Crippen molar-refractivity contribution in [1.29, 1.82) is 0 Å². The van der Waals surface area contributed by atoms with Crippen LogP contribution < -0.4 is 10.9 Å². The first-order chi connectivity index (χ1) is 15.7. The Bertz CT molecular complexity index is 1250. The maximum absolute atomic E-state index is 12.4. The van der Waals surface area contributed by atoms with E-state index in [1.165, 1.54) is 23.1 Å². The normalized spacial score (nSPS) is 11.9. The molecule has 3 rings (SSSR count). The summed E-state index contributed by atoms with van der Waals surface area (Å²) >= 11 is 2.74. The highest BCUT2D eigenvalue weighted by molar-refractivity contribution is 7.99. The highest BCUT2D eigenvalue weighted by Gasteiger charge is 2.19. The number of aryl methyl sites for hydroxylation is 2. The van der Waals surface area contributed by atoms with Gasteiger partial charge in [0.2, 0.25) is 5.91 Å². The van der Waals surface area contributed by atoms with Gasteiger partial charge in [-0.15, -0.1) is 23.1 Å². The minimum absolute atomic E-state index is 0.116. The molecule has 2 aromatic heterocycles. The zero-order valence-corrected chi connectivity index (χ0v) is 20.4. The van der Waals surface area contributed by atoms with Crippen LogP contribution in [0.1, 0.15) is 46.9 Å². The fraction of sp³-hybridized carbons (Fsp3) is 0.348. The Morgan fingerprint density at radius 1 is 1.21 bits per heavy atom. The van der Waals surface area contributed by atoms with Crippen molar-refractivity contribution < 1.29 is 19.1 Å². The first kappa shape index (κ1) is 24.7. The van der Waals surface area contributed by atoms with E-state index in [1.807, 2.05) is 13.8 Å². The number of thiophene rings is 1. The standard InChI is InChI=1S/C23H25N3O5S2/c1-5-19(28)24-16-8-6-15(7-9-16)17(27)10-31-23(30)14(4)32-11-18-25-21(29)20-12(2)13(3)33-22(20)26-18/h6-9,14H,5,10-11H2,1-4H3,(H,24,28)(H,25,26,29). The van der Waals surface area contributed by atoms with Gasteiger partial charge in [0, 0.05) is 22.5 Å². The molecule has 2 N–H and O–H groups in total. The van der Waals surface area contributed by atoms with Gasteiger partial charge in [-0.2, -0.15) is 0 Å². The lowest BCUT2D eigenvalue weighted by molar-refractivity contribution is -0.141. The molecule has 3 aromatic rings. The first-order valence-electron chi connectivity index (χ1n) is 10.4. The number of ketones is 1. The summed E-state index contributed by atoms with van der Waals surface area (Å²) in [5.74, 6) is -0.157. The molecule has 0 spiro atoms. The summed E-state index contributed by atoms with van der Waals surface area (Å²) in [6, 6.07) is 6.40. The molecule has 0 saturated heterocycles. The largest absolute Gasteiger partial charge is 0.456 e. The van der Waals surface area contributed by atoms with Crippen molar-refractivity contribution in [2.24, 2.45) is 0 Å². The van der Waals surface area contributed by atoms with E-state index in [2.05, 4.69) is 15.3 Å². The van der Waals surface area contributed by atoms with Gasteiger partial charge in [0.25, 0.3) is 5.56 Å². The molecule has 1 unspecified atom stereocenters. The second-order valence-electron chi connectivity index (χ2n) is 7.44. The number of amides is 1. The van der Waals surface area contributed by atoms with E-state index >= 15 is 0 Å². The fourth-order valence-electron chi connectivity index (χ4n) is 2.97. The summed E-state index contributed by atoms with van der Waals surface area (Å²) in [5, 5.41) is 2.77. The number of carbonyl (C=O) groups is 3. The number of anilines is 1. The molecule has 1 amide bonds. The topological polar surface area (TPSA) is 118 Å². The second kappa shape index (κ2) is 10.8. The average Bonchev–Trinajstić information content (AvgIpc) is 3.09. The van der Waals surface area contributed by atoms with Crippen molar-refractivity contribution in [3.8, 4) is 0 Å². The molecule has 10 heteroatoms. The molecule has 0 radical (unpaired) electrons. The number of H-pyrrole nitrogens is 1. The molecule has 0 aliphatic carbocycles. The molecule has 0 aliphatic rings. The quantitative estimate of drug-likeness (QED) is 0.346. The summed E-state index contributed by atoms with van der Waals surface area (Å²) in [7, 11) is 0. The van der Waals surface area contributed by atoms with Gasteiger partial charge in [-0.1, -0.05) is 6.92 Å².